The Morgan fingerprint density at radius 1 is 1.22 bits per heavy atom. The smallest absolute Gasteiger partial charge is 0.331 e. The monoisotopic (exact) mass is 473 g/mol. The van der Waals surface area contributed by atoms with Crippen molar-refractivity contribution in [3.8, 4) is 0 Å². The van der Waals surface area contributed by atoms with E-state index in [1.54, 1.807) is 36.6 Å². The van der Waals surface area contributed by atoms with Crippen molar-refractivity contribution >= 4 is 32.9 Å². The number of H-pyrrole nitrogens is 1. The van der Waals surface area contributed by atoms with Crippen molar-refractivity contribution in [1.29, 1.82) is 0 Å². The van der Waals surface area contributed by atoms with Crippen LogP contribution in [-0.4, -0.2) is 56.5 Å². The maximum Gasteiger partial charge on any atom is 0.451 e. The molecule has 1 aromatic carbocycles. The third-order valence-corrected chi connectivity index (χ3v) is 6.91. The molecule has 0 bridgehead atoms. The summed E-state index contributed by atoms with van der Waals surface area (Å²) in [6.45, 7) is 4.20. The summed E-state index contributed by atoms with van der Waals surface area (Å²) in [6, 6.07) is 4.64. The zero-order chi connectivity index (χ0) is 23.7. The van der Waals surface area contributed by atoms with Crippen molar-refractivity contribution in [3.63, 3.8) is 0 Å². The highest BCUT2D eigenvalue weighted by Crippen LogP contribution is 2.26. The molecule has 0 saturated heterocycles. The van der Waals surface area contributed by atoms with Crippen LogP contribution in [0.5, 0.6) is 0 Å². The number of carbonyl (C=O) groups excluding carboxylic acids is 1. The van der Waals surface area contributed by atoms with Gasteiger partial charge in [-0.1, -0.05) is 13.8 Å². The summed E-state index contributed by atoms with van der Waals surface area (Å²) in [6.07, 6.45) is -4.61. The number of anilines is 1. The molecule has 0 spiro atoms. The molecule has 0 atom stereocenters. The topological polar surface area (TPSA) is 126 Å². The minimum atomic E-state index is -4.69. The predicted octanol–water partition coefficient (Wildman–Crippen LogP) is 2.31. The Morgan fingerprint density at radius 2 is 1.91 bits per heavy atom. The Morgan fingerprint density at radius 3 is 2.50 bits per heavy atom. The van der Waals surface area contributed by atoms with Crippen LogP contribution in [0.25, 0.3) is 11.0 Å². The van der Waals surface area contributed by atoms with Gasteiger partial charge in [-0.3, -0.25) is 15.2 Å². The largest absolute Gasteiger partial charge is 0.451 e. The van der Waals surface area contributed by atoms with Gasteiger partial charge in [-0.05, 0) is 18.2 Å². The number of aromatic nitrogens is 5. The Hall–Kier alpha value is -3.00. The first-order valence-electron chi connectivity index (χ1n) is 9.72. The van der Waals surface area contributed by atoms with Gasteiger partial charge in [0.25, 0.3) is 0 Å². The molecular formula is C18H22F3N7O3S. The molecule has 0 aliphatic rings. The van der Waals surface area contributed by atoms with Gasteiger partial charge in [0.05, 0.1) is 15.9 Å². The van der Waals surface area contributed by atoms with E-state index < -0.39 is 33.9 Å². The van der Waals surface area contributed by atoms with Crippen molar-refractivity contribution in [3.05, 3.63) is 29.8 Å². The number of fused-ring (bicyclic) bond motifs is 1. The minimum Gasteiger partial charge on any atom is -0.331 e. The number of alkyl halides is 3. The number of halogens is 3. The molecule has 0 fully saturated rings. The van der Waals surface area contributed by atoms with Crippen molar-refractivity contribution in [2.75, 3.05) is 18.4 Å². The molecular weight excluding hydrogens is 451 g/mol. The molecule has 14 heteroatoms. The summed E-state index contributed by atoms with van der Waals surface area (Å²) >= 11 is 0. The van der Waals surface area contributed by atoms with Crippen molar-refractivity contribution < 1.29 is 26.4 Å². The Bertz CT molecular complexity index is 1230. The number of nitrogens with one attached hydrogen (secondary N) is 2. The van der Waals surface area contributed by atoms with Crippen LogP contribution in [0.3, 0.4) is 0 Å². The molecule has 0 radical (unpaired) electrons. The highest BCUT2D eigenvalue weighted by atomic mass is 32.2. The van der Waals surface area contributed by atoms with Crippen LogP contribution >= 0.6 is 0 Å². The van der Waals surface area contributed by atoms with E-state index >= 15 is 0 Å². The number of aryl methyl sites for hydroxylation is 2. The minimum absolute atomic E-state index is 0.0857. The summed E-state index contributed by atoms with van der Waals surface area (Å²) in [4.78, 5) is 19.8. The molecule has 0 unspecified atom stereocenters. The molecule has 10 nitrogen and oxygen atoms in total. The molecule has 0 aliphatic carbocycles. The summed E-state index contributed by atoms with van der Waals surface area (Å²) < 4.78 is 66.2. The van der Waals surface area contributed by atoms with E-state index in [2.05, 4.69) is 20.4 Å². The van der Waals surface area contributed by atoms with E-state index in [0.717, 1.165) is 0 Å². The third kappa shape index (κ3) is 4.75. The van der Waals surface area contributed by atoms with Crippen LogP contribution < -0.4 is 5.32 Å². The van der Waals surface area contributed by atoms with E-state index in [0.29, 0.717) is 29.9 Å². The van der Waals surface area contributed by atoms with Crippen LogP contribution in [0.4, 0.5) is 19.1 Å². The molecule has 3 aromatic rings. The highest BCUT2D eigenvalue weighted by Gasteiger charge is 2.35. The van der Waals surface area contributed by atoms with Gasteiger partial charge in [-0.15, -0.1) is 5.10 Å². The van der Waals surface area contributed by atoms with Crippen LogP contribution in [0.2, 0.25) is 0 Å². The average molecular weight is 473 g/mol. The third-order valence-electron chi connectivity index (χ3n) is 4.87. The van der Waals surface area contributed by atoms with Gasteiger partial charge in [-0.2, -0.15) is 22.5 Å². The number of sulfonamides is 1. The van der Waals surface area contributed by atoms with Gasteiger partial charge in [0.15, 0.2) is 0 Å². The molecule has 3 rings (SSSR count). The number of rotatable bonds is 8. The number of amides is 1. The number of aromatic amines is 1. The van der Waals surface area contributed by atoms with Gasteiger partial charge >= 0.3 is 6.18 Å². The summed E-state index contributed by atoms with van der Waals surface area (Å²) in [5.41, 5.74) is 1.14. The van der Waals surface area contributed by atoms with Crippen molar-refractivity contribution in [2.45, 2.75) is 37.8 Å². The van der Waals surface area contributed by atoms with E-state index in [9.17, 15) is 26.4 Å². The molecule has 2 N–H and O–H groups in total. The SMILES string of the molecule is CCN(CC)S(=O)(=O)c1ccc2c(c1)nc(CCC(=O)Nc1n[nH]c(C(F)(F)F)n1)n2C. The first-order valence-corrected chi connectivity index (χ1v) is 11.2. The second-order valence-electron chi connectivity index (χ2n) is 6.88. The van der Waals surface area contributed by atoms with E-state index in [4.69, 9.17) is 0 Å². The molecule has 0 saturated carbocycles. The van der Waals surface area contributed by atoms with Crippen molar-refractivity contribution in [2.24, 2.45) is 7.05 Å². The second-order valence-corrected chi connectivity index (χ2v) is 8.82. The second kappa shape index (κ2) is 8.86. The molecule has 0 aliphatic heterocycles. The fourth-order valence-corrected chi connectivity index (χ4v) is 4.66. The summed E-state index contributed by atoms with van der Waals surface area (Å²) in [7, 11) is -1.91. The molecule has 32 heavy (non-hydrogen) atoms. The number of benzene rings is 1. The Balaban J connectivity index is 1.73. The van der Waals surface area contributed by atoms with Crippen LogP contribution in [-0.2, 0) is 34.5 Å². The molecule has 2 aromatic heterocycles. The zero-order valence-electron chi connectivity index (χ0n) is 17.6. The van der Waals surface area contributed by atoms with Crippen LogP contribution in [0.1, 0.15) is 31.9 Å². The lowest BCUT2D eigenvalue weighted by Crippen LogP contribution is -2.30. The first-order chi connectivity index (χ1) is 15.0. The lowest BCUT2D eigenvalue weighted by atomic mass is 10.3. The van der Waals surface area contributed by atoms with Crippen LogP contribution in [0, 0.1) is 0 Å². The van der Waals surface area contributed by atoms with Gasteiger partial charge in [-0.25, -0.2) is 13.4 Å². The summed E-state index contributed by atoms with van der Waals surface area (Å²) in [5.74, 6) is -1.86. The van der Waals surface area contributed by atoms with Gasteiger partial charge in [0.2, 0.25) is 27.7 Å². The standard InChI is InChI=1S/C18H22F3N7O3S/c1-4-28(5-2)32(30,31)11-6-7-13-12(10-11)22-14(27(13)3)8-9-15(29)23-17-24-16(25-26-17)18(19,20)21/h6-7,10H,4-5,8-9H2,1-3H3,(H2,23,24,25,26,29). The lowest BCUT2D eigenvalue weighted by Gasteiger charge is -2.18. The quantitative estimate of drug-likeness (QED) is 0.517. The van der Waals surface area contributed by atoms with Crippen molar-refractivity contribution in [1.82, 2.24) is 29.0 Å². The fraction of sp³-hybridized carbons (Fsp3) is 0.444. The van der Waals surface area contributed by atoms with Gasteiger partial charge in [0.1, 0.15) is 5.82 Å². The normalized spacial score (nSPS) is 12.6. The van der Waals surface area contributed by atoms with Gasteiger partial charge in [0, 0.05) is 33.0 Å². The first kappa shape index (κ1) is 23.7. The molecule has 2 heterocycles. The lowest BCUT2D eigenvalue weighted by molar-refractivity contribution is -0.144. The molecule has 1 amide bonds. The van der Waals surface area contributed by atoms with E-state index in [-0.39, 0.29) is 17.7 Å². The number of hydrogen-bond acceptors (Lipinski definition) is 6. The summed E-state index contributed by atoms with van der Waals surface area (Å²) in [5, 5.41) is 7.23. The van der Waals surface area contributed by atoms with E-state index in [1.165, 1.54) is 16.4 Å². The number of carbonyl (C=O) groups is 1. The Kier molecular flexibility index (Phi) is 6.55. The maximum absolute atomic E-state index is 12.7. The number of hydrogen-bond donors (Lipinski definition) is 2. The number of imidazole rings is 1. The molecule has 174 valence electrons. The number of nitrogens with zero attached hydrogens (tertiary/aromatic N) is 5. The van der Waals surface area contributed by atoms with Crippen LogP contribution in [0.15, 0.2) is 23.1 Å². The average Bonchev–Trinajstić information content (AvgIpc) is 3.31. The van der Waals surface area contributed by atoms with E-state index in [1.807, 2.05) is 0 Å². The fourth-order valence-electron chi connectivity index (χ4n) is 3.18. The maximum atomic E-state index is 12.7. The zero-order valence-corrected chi connectivity index (χ0v) is 18.4. The van der Waals surface area contributed by atoms with Gasteiger partial charge < -0.3 is 4.57 Å². The Labute approximate surface area is 181 Å². The predicted molar refractivity (Wildman–Crippen MR) is 109 cm³/mol. The highest BCUT2D eigenvalue weighted by molar-refractivity contribution is 7.89.